The second-order valence-electron chi connectivity index (χ2n) is 5.63. The lowest BCUT2D eigenvalue weighted by Crippen LogP contribution is -2.36. The van der Waals surface area contributed by atoms with Gasteiger partial charge in [0, 0.05) is 24.2 Å². The fourth-order valence-electron chi connectivity index (χ4n) is 1.70. The molecule has 0 bridgehead atoms. The maximum absolute atomic E-state index is 11.4. The van der Waals surface area contributed by atoms with Crippen molar-refractivity contribution in [2.75, 3.05) is 13.1 Å². The Labute approximate surface area is 125 Å². The lowest BCUT2D eigenvalue weighted by atomic mass is 10.1. The van der Waals surface area contributed by atoms with E-state index in [2.05, 4.69) is 10.6 Å². The van der Waals surface area contributed by atoms with E-state index in [0.29, 0.717) is 13.1 Å². The van der Waals surface area contributed by atoms with Gasteiger partial charge in [-0.15, -0.1) is 0 Å². The van der Waals surface area contributed by atoms with Crippen molar-refractivity contribution in [1.82, 2.24) is 10.6 Å². The first-order valence-electron chi connectivity index (χ1n) is 6.74. The molecule has 0 aliphatic heterocycles. The van der Waals surface area contributed by atoms with Crippen molar-refractivity contribution in [3.8, 4) is 0 Å². The third-order valence-corrected chi connectivity index (χ3v) is 2.96. The molecule has 112 valence electrons. The largest absolute Gasteiger partial charge is 0.444 e. The Morgan fingerprint density at radius 2 is 1.95 bits per heavy atom. The van der Waals surface area contributed by atoms with Gasteiger partial charge >= 0.3 is 6.09 Å². The molecule has 20 heavy (non-hydrogen) atoms. The van der Waals surface area contributed by atoms with E-state index in [0.717, 1.165) is 10.6 Å². The van der Waals surface area contributed by atoms with Crippen molar-refractivity contribution < 1.29 is 9.53 Å². The Balaban J connectivity index is 2.28. The minimum absolute atomic E-state index is 0.129. The summed E-state index contributed by atoms with van der Waals surface area (Å²) in [7, 11) is 0. The number of carbonyl (C=O) groups is 1. The first-order valence-corrected chi connectivity index (χ1v) is 7.12. The highest BCUT2D eigenvalue weighted by molar-refractivity contribution is 6.31. The molecule has 1 amide bonds. The van der Waals surface area contributed by atoms with Crippen LogP contribution < -0.4 is 10.6 Å². The normalized spacial score (nSPS) is 12.8. The third-order valence-electron chi connectivity index (χ3n) is 2.62. The lowest BCUT2D eigenvalue weighted by molar-refractivity contribution is 0.0528. The fourth-order valence-corrected chi connectivity index (χ4v) is 2.00. The average Bonchev–Trinajstić information content (AvgIpc) is 2.33. The van der Waals surface area contributed by atoms with Gasteiger partial charge in [0.2, 0.25) is 0 Å². The van der Waals surface area contributed by atoms with Crippen molar-refractivity contribution >= 4 is 17.7 Å². The Bertz CT molecular complexity index is 444. The van der Waals surface area contributed by atoms with Crippen molar-refractivity contribution in [3.05, 3.63) is 34.9 Å². The van der Waals surface area contributed by atoms with Crippen LogP contribution in [0.2, 0.25) is 5.02 Å². The number of hydrogen-bond donors (Lipinski definition) is 2. The summed E-state index contributed by atoms with van der Waals surface area (Å²) < 4.78 is 5.15. The smallest absolute Gasteiger partial charge is 0.407 e. The summed E-state index contributed by atoms with van der Waals surface area (Å²) in [4.78, 5) is 11.4. The van der Waals surface area contributed by atoms with Crippen molar-refractivity contribution in [1.29, 1.82) is 0 Å². The molecule has 0 aliphatic carbocycles. The molecular formula is C15H23ClN2O2. The van der Waals surface area contributed by atoms with E-state index in [9.17, 15) is 4.79 Å². The lowest BCUT2D eigenvalue weighted by Gasteiger charge is -2.20. The number of hydrogen-bond acceptors (Lipinski definition) is 3. The van der Waals surface area contributed by atoms with Crippen molar-refractivity contribution in [2.24, 2.45) is 0 Å². The van der Waals surface area contributed by atoms with E-state index in [4.69, 9.17) is 16.3 Å². The van der Waals surface area contributed by atoms with Gasteiger partial charge in [-0.3, -0.25) is 0 Å². The molecule has 0 aliphatic rings. The zero-order chi connectivity index (χ0) is 15.2. The molecule has 0 spiro atoms. The zero-order valence-electron chi connectivity index (χ0n) is 12.5. The predicted molar refractivity (Wildman–Crippen MR) is 82.1 cm³/mol. The summed E-state index contributed by atoms with van der Waals surface area (Å²) in [6.07, 6.45) is -0.398. The minimum atomic E-state index is -0.470. The van der Waals surface area contributed by atoms with Gasteiger partial charge in [-0.05, 0) is 39.3 Å². The fraction of sp³-hybridized carbons (Fsp3) is 0.533. The molecule has 1 unspecified atom stereocenters. The van der Waals surface area contributed by atoms with Crippen LogP contribution in [0.15, 0.2) is 24.3 Å². The van der Waals surface area contributed by atoms with Gasteiger partial charge < -0.3 is 15.4 Å². The maximum Gasteiger partial charge on any atom is 0.407 e. The van der Waals surface area contributed by atoms with Crippen LogP contribution in [-0.2, 0) is 4.74 Å². The number of alkyl carbamates (subject to hydrolysis) is 1. The van der Waals surface area contributed by atoms with E-state index in [1.165, 1.54) is 0 Å². The number of nitrogens with one attached hydrogen (secondary N) is 2. The van der Waals surface area contributed by atoms with E-state index in [1.54, 1.807) is 0 Å². The monoisotopic (exact) mass is 298 g/mol. The number of halogens is 1. The number of amides is 1. The summed E-state index contributed by atoms with van der Waals surface area (Å²) in [6, 6.07) is 7.85. The van der Waals surface area contributed by atoms with Crippen LogP contribution in [0.3, 0.4) is 0 Å². The van der Waals surface area contributed by atoms with E-state index in [1.807, 2.05) is 52.0 Å². The zero-order valence-corrected chi connectivity index (χ0v) is 13.3. The van der Waals surface area contributed by atoms with Crippen molar-refractivity contribution in [3.63, 3.8) is 0 Å². The topological polar surface area (TPSA) is 50.4 Å². The molecule has 0 saturated heterocycles. The maximum atomic E-state index is 11.4. The molecule has 0 radical (unpaired) electrons. The quantitative estimate of drug-likeness (QED) is 0.818. The van der Waals surface area contributed by atoms with Gasteiger partial charge in [-0.2, -0.15) is 0 Å². The molecule has 5 heteroatoms. The molecular weight excluding hydrogens is 276 g/mol. The number of rotatable bonds is 5. The second-order valence-corrected chi connectivity index (χ2v) is 6.03. The first kappa shape index (κ1) is 16.8. The van der Waals surface area contributed by atoms with Crippen molar-refractivity contribution in [2.45, 2.75) is 39.3 Å². The van der Waals surface area contributed by atoms with Gasteiger partial charge in [-0.1, -0.05) is 29.8 Å². The molecule has 1 rings (SSSR count). The van der Waals surface area contributed by atoms with E-state index < -0.39 is 11.7 Å². The number of carbonyl (C=O) groups excluding carboxylic acids is 1. The van der Waals surface area contributed by atoms with Crippen LogP contribution in [0, 0.1) is 0 Å². The van der Waals surface area contributed by atoms with Gasteiger partial charge in [-0.25, -0.2) is 4.79 Å². The van der Waals surface area contributed by atoms with E-state index in [-0.39, 0.29) is 6.04 Å². The van der Waals surface area contributed by atoms with Gasteiger partial charge in [0.25, 0.3) is 0 Å². The van der Waals surface area contributed by atoms with Crippen LogP contribution in [0.25, 0.3) is 0 Å². The van der Waals surface area contributed by atoms with Crippen LogP contribution >= 0.6 is 11.6 Å². The molecule has 1 aromatic carbocycles. The number of ether oxygens (including phenoxy) is 1. The number of benzene rings is 1. The molecule has 1 aromatic rings. The van der Waals surface area contributed by atoms with Crippen LogP contribution in [0.4, 0.5) is 4.79 Å². The summed E-state index contributed by atoms with van der Waals surface area (Å²) in [5.74, 6) is 0. The highest BCUT2D eigenvalue weighted by Gasteiger charge is 2.15. The standard InChI is InChI=1S/C15H23ClN2O2/c1-11(12-7-5-6-8-13(12)16)17-9-10-18-14(19)20-15(2,3)4/h5-8,11,17H,9-10H2,1-4H3,(H,18,19). The average molecular weight is 299 g/mol. The van der Waals surface area contributed by atoms with E-state index >= 15 is 0 Å². The summed E-state index contributed by atoms with van der Waals surface area (Å²) in [5, 5.41) is 6.75. The second kappa shape index (κ2) is 7.50. The van der Waals surface area contributed by atoms with Gasteiger partial charge in [0.1, 0.15) is 5.60 Å². The molecule has 2 N–H and O–H groups in total. The molecule has 0 saturated carbocycles. The van der Waals surface area contributed by atoms with Crippen LogP contribution in [0.1, 0.15) is 39.3 Å². The highest BCUT2D eigenvalue weighted by Crippen LogP contribution is 2.21. The summed E-state index contributed by atoms with van der Waals surface area (Å²) >= 11 is 6.13. The van der Waals surface area contributed by atoms with Gasteiger partial charge in [0.15, 0.2) is 0 Å². The van der Waals surface area contributed by atoms with Crippen LogP contribution in [0.5, 0.6) is 0 Å². The molecule has 0 fully saturated rings. The Morgan fingerprint density at radius 3 is 2.55 bits per heavy atom. The van der Waals surface area contributed by atoms with Crippen LogP contribution in [-0.4, -0.2) is 24.8 Å². The summed E-state index contributed by atoms with van der Waals surface area (Å²) in [6.45, 7) is 8.70. The molecule has 0 aromatic heterocycles. The Kier molecular flexibility index (Phi) is 6.30. The minimum Gasteiger partial charge on any atom is -0.444 e. The highest BCUT2D eigenvalue weighted by atomic mass is 35.5. The Morgan fingerprint density at radius 1 is 1.30 bits per heavy atom. The predicted octanol–water partition coefficient (Wildman–Crippen LogP) is 3.52. The third kappa shape index (κ3) is 6.26. The molecule has 4 nitrogen and oxygen atoms in total. The van der Waals surface area contributed by atoms with Gasteiger partial charge in [0.05, 0.1) is 0 Å². The SMILES string of the molecule is CC(NCCNC(=O)OC(C)(C)C)c1ccccc1Cl. The molecule has 1 atom stereocenters. The Hall–Kier alpha value is -1.26. The summed E-state index contributed by atoms with van der Waals surface area (Å²) in [5.41, 5.74) is 0.578. The molecule has 0 heterocycles. The first-order chi connectivity index (χ1) is 9.29.